The number of amides is 1. The average Bonchev–Trinajstić information content (AvgIpc) is 2.72. The van der Waals surface area contributed by atoms with Crippen molar-refractivity contribution < 1.29 is 9.72 Å². The Balaban J connectivity index is 2.04. The summed E-state index contributed by atoms with van der Waals surface area (Å²) in [5.74, 6) is 0.220. The molecule has 1 saturated heterocycles. The summed E-state index contributed by atoms with van der Waals surface area (Å²) in [6.45, 7) is 4.68. The third-order valence-electron chi connectivity index (χ3n) is 2.93. The maximum atomic E-state index is 12.0. The van der Waals surface area contributed by atoms with Crippen LogP contribution < -0.4 is 5.32 Å². The van der Waals surface area contributed by atoms with Crippen molar-refractivity contribution in [3.05, 3.63) is 22.1 Å². The minimum atomic E-state index is -0.557. The van der Waals surface area contributed by atoms with Crippen molar-refractivity contribution in [3.63, 3.8) is 0 Å². The zero-order valence-electron chi connectivity index (χ0n) is 10.1. The SMILES string of the molecule is Cc1nc([N+](=O)[O-])cn1CC(=O)N1CCNCC1. The smallest absolute Gasteiger partial charge is 0.358 e. The molecule has 0 unspecified atom stereocenters. The van der Waals surface area contributed by atoms with Crippen molar-refractivity contribution in [1.29, 1.82) is 0 Å². The van der Waals surface area contributed by atoms with Crippen molar-refractivity contribution in [1.82, 2.24) is 19.8 Å². The zero-order chi connectivity index (χ0) is 13.1. The summed E-state index contributed by atoms with van der Waals surface area (Å²) in [4.78, 5) is 27.5. The number of aryl methyl sites for hydroxylation is 1. The molecule has 8 nitrogen and oxygen atoms in total. The first-order chi connectivity index (χ1) is 8.58. The summed E-state index contributed by atoms with van der Waals surface area (Å²) >= 11 is 0. The Morgan fingerprint density at radius 2 is 2.22 bits per heavy atom. The molecule has 0 atom stereocenters. The predicted octanol–water partition coefficient (Wildman–Crippen LogP) is -0.468. The molecule has 1 N–H and O–H groups in total. The van der Waals surface area contributed by atoms with E-state index < -0.39 is 4.92 Å². The van der Waals surface area contributed by atoms with Gasteiger partial charge in [0.2, 0.25) is 11.7 Å². The van der Waals surface area contributed by atoms with Gasteiger partial charge >= 0.3 is 5.82 Å². The molecule has 0 bridgehead atoms. The number of nitro groups is 1. The molecule has 8 heteroatoms. The van der Waals surface area contributed by atoms with Crippen LogP contribution in [0.1, 0.15) is 5.82 Å². The molecule has 0 aliphatic carbocycles. The van der Waals surface area contributed by atoms with Gasteiger partial charge in [-0.1, -0.05) is 0 Å². The highest BCUT2D eigenvalue weighted by Crippen LogP contribution is 2.10. The molecule has 0 aromatic carbocycles. The van der Waals surface area contributed by atoms with E-state index in [0.717, 1.165) is 13.1 Å². The van der Waals surface area contributed by atoms with Crippen LogP contribution >= 0.6 is 0 Å². The highest BCUT2D eigenvalue weighted by Gasteiger charge is 2.20. The standard InChI is InChI=1S/C10H15N5O3/c1-8-12-9(15(17)18)6-14(8)7-10(16)13-4-2-11-3-5-13/h6,11H,2-5,7H2,1H3. The van der Waals surface area contributed by atoms with Gasteiger partial charge in [-0.25, -0.2) is 0 Å². The Labute approximate surface area is 104 Å². The summed E-state index contributed by atoms with van der Waals surface area (Å²) in [6.07, 6.45) is 1.30. The Morgan fingerprint density at radius 3 is 2.78 bits per heavy atom. The third kappa shape index (κ3) is 2.65. The van der Waals surface area contributed by atoms with Gasteiger partial charge in [0.15, 0.2) is 0 Å². The van der Waals surface area contributed by atoms with E-state index >= 15 is 0 Å². The number of carbonyl (C=O) groups excluding carboxylic acids is 1. The van der Waals surface area contributed by atoms with E-state index in [-0.39, 0.29) is 18.3 Å². The Hall–Kier alpha value is -1.96. The first-order valence-electron chi connectivity index (χ1n) is 5.74. The first kappa shape index (κ1) is 12.5. The maximum Gasteiger partial charge on any atom is 0.381 e. The van der Waals surface area contributed by atoms with Crippen LogP contribution in [0.2, 0.25) is 0 Å². The van der Waals surface area contributed by atoms with Gasteiger partial charge in [0, 0.05) is 33.1 Å². The van der Waals surface area contributed by atoms with E-state index in [2.05, 4.69) is 10.3 Å². The van der Waals surface area contributed by atoms with Crippen LogP contribution in [0.15, 0.2) is 6.20 Å². The maximum absolute atomic E-state index is 12.0. The molecule has 1 amide bonds. The Morgan fingerprint density at radius 1 is 1.56 bits per heavy atom. The Bertz CT molecular complexity index is 464. The van der Waals surface area contributed by atoms with Gasteiger partial charge in [0.25, 0.3) is 0 Å². The molecular weight excluding hydrogens is 238 g/mol. The van der Waals surface area contributed by atoms with Crippen LogP contribution in [0, 0.1) is 17.0 Å². The summed E-state index contributed by atoms with van der Waals surface area (Å²) in [5.41, 5.74) is 0. The molecule has 2 rings (SSSR count). The number of hydrogen-bond donors (Lipinski definition) is 1. The number of aromatic nitrogens is 2. The minimum absolute atomic E-state index is 0.0353. The predicted molar refractivity (Wildman–Crippen MR) is 63.1 cm³/mol. The van der Waals surface area contributed by atoms with Crippen molar-refractivity contribution in [2.45, 2.75) is 13.5 Å². The average molecular weight is 253 g/mol. The summed E-state index contributed by atoms with van der Waals surface area (Å²) < 4.78 is 1.52. The largest absolute Gasteiger partial charge is 0.381 e. The molecule has 1 aromatic rings. The second kappa shape index (κ2) is 5.13. The zero-order valence-corrected chi connectivity index (χ0v) is 10.1. The van der Waals surface area contributed by atoms with E-state index in [9.17, 15) is 14.9 Å². The van der Waals surface area contributed by atoms with Gasteiger partial charge in [0.05, 0.1) is 0 Å². The lowest BCUT2D eigenvalue weighted by Crippen LogP contribution is -2.47. The molecular formula is C10H15N5O3. The van der Waals surface area contributed by atoms with Crippen molar-refractivity contribution in [2.24, 2.45) is 0 Å². The molecule has 2 heterocycles. The molecule has 0 saturated carbocycles. The van der Waals surface area contributed by atoms with Crippen LogP contribution in [0.4, 0.5) is 5.82 Å². The van der Waals surface area contributed by atoms with Crippen LogP contribution in [-0.4, -0.2) is 51.5 Å². The van der Waals surface area contributed by atoms with Crippen molar-refractivity contribution in [3.8, 4) is 0 Å². The molecule has 98 valence electrons. The van der Waals surface area contributed by atoms with E-state index in [1.807, 2.05) is 0 Å². The number of rotatable bonds is 3. The van der Waals surface area contributed by atoms with Crippen molar-refractivity contribution in [2.75, 3.05) is 26.2 Å². The molecule has 0 radical (unpaired) electrons. The van der Waals surface area contributed by atoms with Crippen molar-refractivity contribution >= 4 is 11.7 Å². The minimum Gasteiger partial charge on any atom is -0.358 e. The van der Waals surface area contributed by atoms with Gasteiger partial charge in [0.1, 0.15) is 12.7 Å². The highest BCUT2D eigenvalue weighted by atomic mass is 16.6. The van der Waals surface area contributed by atoms with Gasteiger partial charge in [-0.3, -0.25) is 9.36 Å². The second-order valence-electron chi connectivity index (χ2n) is 4.16. The van der Waals surface area contributed by atoms with Crippen LogP contribution in [0.25, 0.3) is 0 Å². The van der Waals surface area contributed by atoms with Crippen LogP contribution in [0.3, 0.4) is 0 Å². The second-order valence-corrected chi connectivity index (χ2v) is 4.16. The quantitative estimate of drug-likeness (QED) is 0.580. The molecule has 1 fully saturated rings. The number of hydrogen-bond acceptors (Lipinski definition) is 5. The molecule has 1 aromatic heterocycles. The summed E-state index contributed by atoms with van der Waals surface area (Å²) in [5, 5.41) is 13.7. The number of piperazine rings is 1. The fourth-order valence-electron chi connectivity index (χ4n) is 1.90. The van der Waals surface area contributed by atoms with E-state index in [0.29, 0.717) is 18.9 Å². The normalized spacial score (nSPS) is 15.7. The number of carbonyl (C=O) groups is 1. The van der Waals surface area contributed by atoms with Crippen LogP contribution in [-0.2, 0) is 11.3 Å². The summed E-state index contributed by atoms with van der Waals surface area (Å²) in [6, 6.07) is 0. The molecule has 0 spiro atoms. The van der Waals surface area contributed by atoms with Gasteiger partial charge in [-0.2, -0.15) is 0 Å². The lowest BCUT2D eigenvalue weighted by atomic mass is 10.3. The first-order valence-corrected chi connectivity index (χ1v) is 5.74. The van der Waals surface area contributed by atoms with E-state index in [1.54, 1.807) is 11.8 Å². The fraction of sp³-hybridized carbons (Fsp3) is 0.600. The van der Waals surface area contributed by atoms with E-state index in [1.165, 1.54) is 10.8 Å². The molecule has 1 aliphatic heterocycles. The highest BCUT2D eigenvalue weighted by molar-refractivity contribution is 5.76. The Kier molecular flexibility index (Phi) is 3.56. The monoisotopic (exact) mass is 253 g/mol. The van der Waals surface area contributed by atoms with E-state index in [4.69, 9.17) is 0 Å². The summed E-state index contributed by atoms with van der Waals surface area (Å²) in [7, 11) is 0. The molecule has 1 aliphatic rings. The number of nitrogens with one attached hydrogen (secondary N) is 1. The van der Waals surface area contributed by atoms with Gasteiger partial charge in [-0.05, 0) is 9.91 Å². The van der Waals surface area contributed by atoms with Gasteiger partial charge in [-0.15, -0.1) is 0 Å². The topological polar surface area (TPSA) is 93.3 Å². The number of imidazole rings is 1. The lowest BCUT2D eigenvalue weighted by Gasteiger charge is -2.27. The third-order valence-corrected chi connectivity index (χ3v) is 2.93. The molecule has 18 heavy (non-hydrogen) atoms. The van der Waals surface area contributed by atoms with Gasteiger partial charge < -0.3 is 20.3 Å². The fourth-order valence-corrected chi connectivity index (χ4v) is 1.90. The number of nitrogens with zero attached hydrogens (tertiary/aromatic N) is 4. The van der Waals surface area contributed by atoms with Crippen LogP contribution in [0.5, 0.6) is 0 Å². The lowest BCUT2D eigenvalue weighted by molar-refractivity contribution is -0.389.